The van der Waals surface area contributed by atoms with Gasteiger partial charge in [-0.1, -0.05) is 0 Å². The van der Waals surface area contributed by atoms with Gasteiger partial charge in [0.2, 0.25) is 0 Å². The Morgan fingerprint density at radius 2 is 2.43 bits per heavy atom. The van der Waals surface area contributed by atoms with E-state index in [-0.39, 0.29) is 13.2 Å². The molecule has 0 radical (unpaired) electrons. The number of aliphatic hydroxyl groups excluding tert-OH is 1. The van der Waals surface area contributed by atoms with E-state index in [2.05, 4.69) is 10.1 Å². The van der Waals surface area contributed by atoms with Crippen molar-refractivity contribution in [2.45, 2.75) is 5.25 Å². The van der Waals surface area contributed by atoms with Crippen LogP contribution < -0.4 is 5.32 Å². The van der Waals surface area contributed by atoms with Crippen LogP contribution in [0, 0.1) is 0 Å². The Bertz CT molecular complexity index is 174. The molecule has 82 valence electrons. The Morgan fingerprint density at radius 1 is 1.57 bits per heavy atom. The topological polar surface area (TPSA) is 58.6 Å². The van der Waals surface area contributed by atoms with Crippen LogP contribution in [0.2, 0.25) is 0 Å². The van der Waals surface area contributed by atoms with E-state index in [0.29, 0.717) is 11.8 Å². The van der Waals surface area contributed by atoms with Gasteiger partial charge in [0.1, 0.15) is 6.61 Å². The van der Waals surface area contributed by atoms with Gasteiger partial charge in [0.15, 0.2) is 0 Å². The molecule has 6 heteroatoms. The number of rotatable bonds is 4. The predicted molar refractivity (Wildman–Crippen MR) is 60.0 cm³/mol. The number of carbonyl (C=O) groups excluding carboxylic acids is 1. The Morgan fingerprint density at radius 3 is 3.07 bits per heavy atom. The van der Waals surface area contributed by atoms with Crippen molar-refractivity contribution < 1.29 is 14.6 Å². The van der Waals surface area contributed by atoms with Crippen molar-refractivity contribution in [2.24, 2.45) is 0 Å². The highest BCUT2D eigenvalue weighted by Crippen LogP contribution is 2.23. The van der Waals surface area contributed by atoms with E-state index >= 15 is 0 Å². The first-order valence-corrected chi connectivity index (χ1v) is 6.74. The molecular weight excluding hydrogens is 222 g/mol. The third-order valence-corrected chi connectivity index (χ3v) is 4.53. The molecule has 4 nitrogen and oxygen atoms in total. The second-order valence-corrected chi connectivity index (χ2v) is 5.37. The maximum atomic E-state index is 11.0. The van der Waals surface area contributed by atoms with E-state index in [4.69, 9.17) is 5.11 Å². The summed E-state index contributed by atoms with van der Waals surface area (Å²) in [6.45, 7) is 0.599. The number of ether oxygens (including phenoxy) is 1. The van der Waals surface area contributed by atoms with E-state index in [9.17, 15) is 4.79 Å². The molecule has 0 aromatic rings. The quantitative estimate of drug-likeness (QED) is 0.748. The van der Waals surface area contributed by atoms with Crippen molar-refractivity contribution in [1.82, 2.24) is 5.32 Å². The molecule has 1 fully saturated rings. The van der Waals surface area contributed by atoms with Gasteiger partial charge < -0.3 is 15.2 Å². The van der Waals surface area contributed by atoms with Crippen molar-refractivity contribution in [1.29, 1.82) is 0 Å². The molecule has 0 aromatic heterocycles. The Balaban J connectivity index is 2.03. The Kier molecular flexibility index (Phi) is 6.22. The molecule has 2 N–H and O–H groups in total. The predicted octanol–water partition coefficient (Wildman–Crippen LogP) is 0.553. The van der Waals surface area contributed by atoms with Gasteiger partial charge in [-0.25, -0.2) is 4.79 Å². The monoisotopic (exact) mass is 237 g/mol. The van der Waals surface area contributed by atoms with Gasteiger partial charge >= 0.3 is 6.09 Å². The average Bonchev–Trinajstić information content (AvgIpc) is 2.25. The first-order valence-electron chi connectivity index (χ1n) is 4.53. The molecule has 1 heterocycles. The van der Waals surface area contributed by atoms with E-state index in [0.717, 1.165) is 11.5 Å². The minimum atomic E-state index is -0.435. The number of hydrogen-bond acceptors (Lipinski definition) is 5. The molecule has 0 saturated carbocycles. The summed E-state index contributed by atoms with van der Waals surface area (Å²) >= 11 is 3.81. The van der Waals surface area contributed by atoms with Crippen molar-refractivity contribution in [3.05, 3.63) is 0 Å². The van der Waals surface area contributed by atoms with Crippen LogP contribution >= 0.6 is 23.5 Å². The lowest BCUT2D eigenvalue weighted by Crippen LogP contribution is -2.34. The van der Waals surface area contributed by atoms with E-state index in [1.54, 1.807) is 0 Å². The van der Waals surface area contributed by atoms with E-state index in [1.165, 1.54) is 5.75 Å². The van der Waals surface area contributed by atoms with Crippen LogP contribution in [-0.4, -0.2) is 53.5 Å². The lowest BCUT2D eigenvalue weighted by atomic mass is 10.5. The summed E-state index contributed by atoms with van der Waals surface area (Å²) in [7, 11) is 0. The number of aliphatic hydroxyl groups is 1. The lowest BCUT2D eigenvalue weighted by molar-refractivity contribution is 0.119. The molecule has 1 aliphatic rings. The largest absolute Gasteiger partial charge is 0.447 e. The van der Waals surface area contributed by atoms with Crippen molar-refractivity contribution in [2.75, 3.05) is 37.0 Å². The van der Waals surface area contributed by atoms with Gasteiger partial charge in [-0.15, -0.1) is 0 Å². The average molecular weight is 237 g/mol. The molecule has 1 amide bonds. The van der Waals surface area contributed by atoms with Crippen LogP contribution in [0.5, 0.6) is 0 Å². The summed E-state index contributed by atoms with van der Waals surface area (Å²) in [5.41, 5.74) is 0. The molecule has 1 unspecified atom stereocenters. The van der Waals surface area contributed by atoms with Crippen LogP contribution in [0.1, 0.15) is 0 Å². The Labute approximate surface area is 92.2 Å². The fourth-order valence-corrected chi connectivity index (χ4v) is 3.65. The second-order valence-electron chi connectivity index (χ2n) is 2.81. The van der Waals surface area contributed by atoms with Gasteiger partial charge in [0.25, 0.3) is 0 Å². The maximum absolute atomic E-state index is 11.0. The number of amides is 1. The lowest BCUT2D eigenvalue weighted by Gasteiger charge is -2.20. The van der Waals surface area contributed by atoms with Crippen molar-refractivity contribution in [3.63, 3.8) is 0 Å². The van der Waals surface area contributed by atoms with E-state index in [1.807, 2.05) is 23.5 Å². The Hall–Kier alpha value is -0.0700. The number of alkyl carbamates (subject to hydrolysis) is 1. The molecule has 1 aliphatic heterocycles. The molecule has 0 spiro atoms. The fourth-order valence-electron chi connectivity index (χ4n) is 1.04. The molecule has 1 rings (SSSR count). The molecule has 0 bridgehead atoms. The highest BCUT2D eigenvalue weighted by Gasteiger charge is 2.15. The smallest absolute Gasteiger partial charge is 0.407 e. The number of nitrogens with one attached hydrogen (secondary N) is 1. The van der Waals surface area contributed by atoms with Crippen LogP contribution in [0.25, 0.3) is 0 Å². The highest BCUT2D eigenvalue weighted by atomic mass is 32.2. The zero-order chi connectivity index (χ0) is 10.2. The van der Waals surface area contributed by atoms with Crippen LogP contribution in [0.15, 0.2) is 0 Å². The minimum absolute atomic E-state index is 0.0679. The summed E-state index contributed by atoms with van der Waals surface area (Å²) in [6.07, 6.45) is -0.435. The van der Waals surface area contributed by atoms with Gasteiger partial charge in [0.05, 0.1) is 6.61 Å². The first kappa shape index (κ1) is 12.0. The van der Waals surface area contributed by atoms with Crippen molar-refractivity contribution in [3.8, 4) is 0 Å². The van der Waals surface area contributed by atoms with E-state index < -0.39 is 6.09 Å². The molecule has 1 atom stereocenters. The summed E-state index contributed by atoms with van der Waals surface area (Å²) in [4.78, 5) is 11.0. The molecule has 14 heavy (non-hydrogen) atoms. The summed E-state index contributed by atoms with van der Waals surface area (Å²) < 4.78 is 4.67. The van der Waals surface area contributed by atoms with Gasteiger partial charge in [-0.2, -0.15) is 23.5 Å². The van der Waals surface area contributed by atoms with Gasteiger partial charge in [-0.3, -0.25) is 0 Å². The zero-order valence-electron chi connectivity index (χ0n) is 7.90. The first-order chi connectivity index (χ1) is 6.83. The highest BCUT2D eigenvalue weighted by molar-refractivity contribution is 8.06. The summed E-state index contributed by atoms with van der Waals surface area (Å²) in [5.74, 6) is 3.45. The van der Waals surface area contributed by atoms with Crippen molar-refractivity contribution >= 4 is 29.6 Å². The normalized spacial score (nSPS) is 21.6. The molecule has 0 aliphatic carbocycles. The van der Waals surface area contributed by atoms with Crippen LogP contribution in [0.3, 0.4) is 0 Å². The second kappa shape index (κ2) is 7.25. The molecule has 1 saturated heterocycles. The molecule has 0 aromatic carbocycles. The number of hydrogen-bond donors (Lipinski definition) is 2. The summed E-state index contributed by atoms with van der Waals surface area (Å²) in [5, 5.41) is 11.6. The number of thioether (sulfide) groups is 2. The van der Waals surface area contributed by atoms with Crippen LogP contribution in [-0.2, 0) is 4.74 Å². The number of carbonyl (C=O) groups is 1. The third kappa shape index (κ3) is 4.97. The maximum Gasteiger partial charge on any atom is 0.407 e. The van der Waals surface area contributed by atoms with Gasteiger partial charge in [0, 0.05) is 29.1 Å². The standard InChI is InChI=1S/C8H15NO3S2/c10-1-2-12-8(11)9-5-7-6-13-3-4-14-7/h7,10H,1-6H2,(H,9,11). The van der Waals surface area contributed by atoms with Gasteiger partial charge in [-0.05, 0) is 0 Å². The SMILES string of the molecule is O=C(NCC1CSCCS1)OCCO. The third-order valence-electron chi connectivity index (χ3n) is 1.68. The van der Waals surface area contributed by atoms with Crippen LogP contribution in [0.4, 0.5) is 4.79 Å². The zero-order valence-corrected chi connectivity index (χ0v) is 9.53. The summed E-state index contributed by atoms with van der Waals surface area (Å²) in [6, 6.07) is 0. The minimum Gasteiger partial charge on any atom is -0.447 e. The molecular formula is C8H15NO3S2. The fraction of sp³-hybridized carbons (Fsp3) is 0.875.